The van der Waals surface area contributed by atoms with E-state index in [2.05, 4.69) is 10.4 Å². The molecule has 0 spiro atoms. The van der Waals surface area contributed by atoms with E-state index in [0.717, 1.165) is 11.1 Å². The SMILES string of the molecule is Cc1ccc(NC(=O)C(C)n2ncn3cccc3c2=O)cc1C. The summed E-state index contributed by atoms with van der Waals surface area (Å²) in [5, 5.41) is 6.91. The fraction of sp³-hybridized carbons (Fsp3) is 0.235. The Bertz CT molecular complexity index is 939. The monoisotopic (exact) mass is 310 g/mol. The summed E-state index contributed by atoms with van der Waals surface area (Å²) in [6, 6.07) is 8.47. The molecule has 0 aliphatic rings. The maximum Gasteiger partial charge on any atom is 0.291 e. The van der Waals surface area contributed by atoms with Gasteiger partial charge in [0, 0.05) is 11.9 Å². The summed E-state index contributed by atoms with van der Waals surface area (Å²) < 4.78 is 2.83. The first-order valence-electron chi connectivity index (χ1n) is 7.40. The fourth-order valence-corrected chi connectivity index (χ4v) is 2.41. The topological polar surface area (TPSA) is 68.4 Å². The summed E-state index contributed by atoms with van der Waals surface area (Å²) in [5.74, 6) is -0.279. The predicted molar refractivity (Wildman–Crippen MR) is 88.7 cm³/mol. The van der Waals surface area contributed by atoms with Gasteiger partial charge >= 0.3 is 0 Å². The molecule has 1 aromatic carbocycles. The minimum absolute atomic E-state index is 0.279. The quantitative estimate of drug-likeness (QED) is 0.807. The molecule has 3 rings (SSSR count). The van der Waals surface area contributed by atoms with Gasteiger partial charge in [-0.05, 0) is 56.2 Å². The van der Waals surface area contributed by atoms with Crippen LogP contribution in [0.15, 0.2) is 47.7 Å². The number of fused-ring (bicyclic) bond motifs is 1. The molecule has 1 amide bonds. The first-order chi connectivity index (χ1) is 11.0. The third-order valence-corrected chi connectivity index (χ3v) is 4.03. The number of aryl methyl sites for hydroxylation is 2. The highest BCUT2D eigenvalue weighted by atomic mass is 16.2. The predicted octanol–water partition coefficient (Wildman–Crippen LogP) is 2.31. The van der Waals surface area contributed by atoms with E-state index < -0.39 is 6.04 Å². The van der Waals surface area contributed by atoms with Crippen LogP contribution in [0.3, 0.4) is 0 Å². The molecule has 0 saturated heterocycles. The number of aromatic nitrogens is 3. The molecule has 23 heavy (non-hydrogen) atoms. The van der Waals surface area contributed by atoms with Gasteiger partial charge in [-0.3, -0.25) is 9.59 Å². The van der Waals surface area contributed by atoms with Crippen LogP contribution in [-0.2, 0) is 4.79 Å². The van der Waals surface area contributed by atoms with Crippen molar-refractivity contribution in [1.29, 1.82) is 0 Å². The molecule has 1 atom stereocenters. The number of nitrogens with zero attached hydrogens (tertiary/aromatic N) is 3. The lowest BCUT2D eigenvalue weighted by Crippen LogP contribution is -2.34. The average Bonchev–Trinajstić information content (AvgIpc) is 3.00. The minimum Gasteiger partial charge on any atom is -0.324 e. The Morgan fingerprint density at radius 1 is 1.22 bits per heavy atom. The van der Waals surface area contributed by atoms with E-state index >= 15 is 0 Å². The Morgan fingerprint density at radius 2 is 2.00 bits per heavy atom. The Labute approximate surface area is 133 Å². The maximum absolute atomic E-state index is 12.4. The zero-order chi connectivity index (χ0) is 16.6. The van der Waals surface area contributed by atoms with Gasteiger partial charge in [-0.15, -0.1) is 0 Å². The van der Waals surface area contributed by atoms with Gasteiger partial charge in [-0.2, -0.15) is 5.10 Å². The van der Waals surface area contributed by atoms with E-state index in [9.17, 15) is 9.59 Å². The van der Waals surface area contributed by atoms with Crippen molar-refractivity contribution < 1.29 is 4.79 Å². The molecule has 118 valence electrons. The van der Waals surface area contributed by atoms with E-state index in [-0.39, 0.29) is 11.5 Å². The van der Waals surface area contributed by atoms with Crippen molar-refractivity contribution in [1.82, 2.24) is 14.2 Å². The number of nitrogens with one attached hydrogen (secondary N) is 1. The Hall–Kier alpha value is -2.89. The van der Waals surface area contributed by atoms with Crippen molar-refractivity contribution in [2.75, 3.05) is 5.32 Å². The van der Waals surface area contributed by atoms with E-state index in [4.69, 9.17) is 0 Å². The maximum atomic E-state index is 12.4. The van der Waals surface area contributed by atoms with Crippen molar-refractivity contribution in [3.63, 3.8) is 0 Å². The fourth-order valence-electron chi connectivity index (χ4n) is 2.41. The number of hydrogen-bond donors (Lipinski definition) is 1. The lowest BCUT2D eigenvalue weighted by Gasteiger charge is -2.14. The summed E-state index contributed by atoms with van der Waals surface area (Å²) in [6.07, 6.45) is 3.27. The van der Waals surface area contributed by atoms with Gasteiger partial charge in [0.25, 0.3) is 5.56 Å². The highest BCUT2D eigenvalue weighted by Gasteiger charge is 2.18. The second kappa shape index (κ2) is 5.72. The third-order valence-electron chi connectivity index (χ3n) is 4.03. The van der Waals surface area contributed by atoms with Crippen LogP contribution < -0.4 is 10.9 Å². The second-order valence-corrected chi connectivity index (χ2v) is 5.65. The van der Waals surface area contributed by atoms with E-state index in [0.29, 0.717) is 11.2 Å². The van der Waals surface area contributed by atoms with Crippen LogP contribution in [-0.4, -0.2) is 20.1 Å². The first-order valence-corrected chi connectivity index (χ1v) is 7.40. The van der Waals surface area contributed by atoms with E-state index in [1.807, 2.05) is 32.0 Å². The highest BCUT2D eigenvalue weighted by Crippen LogP contribution is 2.15. The average molecular weight is 310 g/mol. The third kappa shape index (κ3) is 2.75. The van der Waals surface area contributed by atoms with E-state index in [1.165, 1.54) is 11.0 Å². The second-order valence-electron chi connectivity index (χ2n) is 5.65. The minimum atomic E-state index is -0.705. The number of rotatable bonds is 3. The lowest BCUT2D eigenvalue weighted by molar-refractivity contribution is -0.119. The molecule has 0 bridgehead atoms. The number of amides is 1. The van der Waals surface area contributed by atoms with Crippen LogP contribution >= 0.6 is 0 Å². The van der Waals surface area contributed by atoms with Gasteiger partial charge in [-0.1, -0.05) is 6.07 Å². The Morgan fingerprint density at radius 3 is 2.74 bits per heavy atom. The van der Waals surface area contributed by atoms with Crippen LogP contribution in [0, 0.1) is 13.8 Å². The molecular weight excluding hydrogens is 292 g/mol. The highest BCUT2D eigenvalue weighted by molar-refractivity contribution is 5.93. The summed E-state index contributed by atoms with van der Waals surface area (Å²) in [7, 11) is 0. The zero-order valence-electron chi connectivity index (χ0n) is 13.3. The molecular formula is C17H18N4O2. The smallest absolute Gasteiger partial charge is 0.291 e. The molecule has 6 heteroatoms. The van der Waals surface area contributed by atoms with Crippen molar-refractivity contribution in [2.24, 2.45) is 0 Å². The van der Waals surface area contributed by atoms with Gasteiger partial charge in [0.2, 0.25) is 5.91 Å². The molecule has 3 aromatic rings. The van der Waals surface area contributed by atoms with Crippen molar-refractivity contribution in [3.8, 4) is 0 Å². The first kappa shape index (κ1) is 15.0. The molecule has 0 radical (unpaired) electrons. The molecule has 0 aliphatic heterocycles. The van der Waals surface area contributed by atoms with Crippen LogP contribution in [0.2, 0.25) is 0 Å². The van der Waals surface area contributed by atoms with Crippen molar-refractivity contribution >= 4 is 17.1 Å². The number of benzene rings is 1. The number of carbonyl (C=O) groups excluding carboxylic acids is 1. The number of anilines is 1. The van der Waals surface area contributed by atoms with Gasteiger partial charge < -0.3 is 9.72 Å². The van der Waals surface area contributed by atoms with Crippen LogP contribution in [0.5, 0.6) is 0 Å². The van der Waals surface area contributed by atoms with Gasteiger partial charge in [-0.25, -0.2) is 4.68 Å². The molecule has 0 aliphatic carbocycles. The van der Waals surface area contributed by atoms with Crippen molar-refractivity contribution in [3.05, 3.63) is 64.3 Å². The summed E-state index contributed by atoms with van der Waals surface area (Å²) >= 11 is 0. The molecule has 0 fully saturated rings. The normalized spacial score (nSPS) is 12.3. The number of hydrogen-bond acceptors (Lipinski definition) is 3. The molecule has 2 heterocycles. The number of carbonyl (C=O) groups is 1. The Balaban J connectivity index is 1.87. The van der Waals surface area contributed by atoms with Gasteiger partial charge in [0.15, 0.2) is 0 Å². The van der Waals surface area contributed by atoms with Crippen molar-refractivity contribution in [2.45, 2.75) is 26.8 Å². The summed E-state index contributed by atoms with van der Waals surface area (Å²) in [5.41, 5.74) is 3.17. The van der Waals surface area contributed by atoms with Gasteiger partial charge in [0.1, 0.15) is 17.9 Å². The molecule has 2 aromatic heterocycles. The Kier molecular flexibility index (Phi) is 3.73. The molecule has 6 nitrogen and oxygen atoms in total. The molecule has 1 unspecified atom stereocenters. The van der Waals surface area contributed by atoms with Crippen LogP contribution in [0.25, 0.3) is 5.52 Å². The standard InChI is InChI=1S/C17H18N4O2/c1-11-6-7-14(9-12(11)2)19-16(22)13(3)21-17(23)15-5-4-8-20(15)10-18-21/h4-10,13H,1-3H3,(H,19,22). The largest absolute Gasteiger partial charge is 0.324 e. The van der Waals surface area contributed by atoms with Gasteiger partial charge in [0.05, 0.1) is 0 Å². The zero-order valence-corrected chi connectivity index (χ0v) is 13.3. The molecule has 0 saturated carbocycles. The lowest BCUT2D eigenvalue weighted by atomic mass is 10.1. The summed E-state index contributed by atoms with van der Waals surface area (Å²) in [4.78, 5) is 24.8. The van der Waals surface area contributed by atoms with E-state index in [1.54, 1.807) is 29.7 Å². The van der Waals surface area contributed by atoms with Crippen LogP contribution in [0.1, 0.15) is 24.1 Å². The molecule has 1 N–H and O–H groups in total. The van der Waals surface area contributed by atoms with Crippen LogP contribution in [0.4, 0.5) is 5.69 Å². The summed E-state index contributed by atoms with van der Waals surface area (Å²) in [6.45, 7) is 5.66.